The molecule has 1 amide bonds. The zero-order valence-electron chi connectivity index (χ0n) is 15.2. The first-order valence-corrected chi connectivity index (χ1v) is 9.86. The first-order chi connectivity index (χ1) is 13.1. The molecule has 6 nitrogen and oxygen atoms in total. The maximum Gasteiger partial charge on any atom is 0.224 e. The summed E-state index contributed by atoms with van der Waals surface area (Å²) in [5.74, 6) is 1.03. The van der Waals surface area contributed by atoms with Gasteiger partial charge in [-0.2, -0.15) is 0 Å². The molecule has 1 aromatic carbocycles. The molecule has 0 bridgehead atoms. The summed E-state index contributed by atoms with van der Waals surface area (Å²) in [5.41, 5.74) is 1.28. The highest BCUT2D eigenvalue weighted by atomic mass is 35.5. The Bertz CT molecular complexity index is 793. The first-order valence-electron chi connectivity index (χ1n) is 9.48. The van der Waals surface area contributed by atoms with Crippen molar-refractivity contribution >= 4 is 39.9 Å². The lowest BCUT2D eigenvalue weighted by Crippen LogP contribution is -2.23. The number of hydrogen-bond acceptors (Lipinski definition) is 5. The number of hydrogen-bond donors (Lipinski definition) is 4. The van der Waals surface area contributed by atoms with Gasteiger partial charge in [-0.15, -0.1) is 0 Å². The fraction of sp³-hybridized carbons (Fsp3) is 0.500. The minimum atomic E-state index is -0.845. The molecular formula is C20H26ClN3O3. The monoisotopic (exact) mass is 391 g/mol. The lowest BCUT2D eigenvalue weighted by molar-refractivity contribution is -0.117. The quantitative estimate of drug-likeness (QED) is 0.579. The second kappa shape index (κ2) is 9.35. The van der Waals surface area contributed by atoms with Gasteiger partial charge in [0.2, 0.25) is 5.91 Å². The van der Waals surface area contributed by atoms with Gasteiger partial charge in [-0.1, -0.05) is 30.9 Å². The van der Waals surface area contributed by atoms with E-state index in [0.29, 0.717) is 34.4 Å². The number of benzene rings is 1. The summed E-state index contributed by atoms with van der Waals surface area (Å²) >= 11 is 6.33. The molecule has 2 aromatic rings. The molecule has 1 fully saturated rings. The Kier molecular flexibility index (Phi) is 6.88. The van der Waals surface area contributed by atoms with Crippen LogP contribution < -0.4 is 10.6 Å². The number of aliphatic hydroxyl groups excluding tert-OH is 2. The molecule has 7 heteroatoms. The van der Waals surface area contributed by atoms with Crippen LogP contribution in [0.15, 0.2) is 24.3 Å². The number of amides is 1. The molecule has 0 unspecified atom stereocenters. The van der Waals surface area contributed by atoms with Crippen molar-refractivity contribution in [1.29, 1.82) is 0 Å². The maximum absolute atomic E-state index is 12.5. The van der Waals surface area contributed by atoms with Crippen LogP contribution in [0.4, 0.5) is 11.5 Å². The molecule has 1 saturated carbocycles. The summed E-state index contributed by atoms with van der Waals surface area (Å²) in [5, 5.41) is 25.5. The molecule has 3 rings (SSSR count). The highest BCUT2D eigenvalue weighted by Gasteiger charge is 2.18. The van der Waals surface area contributed by atoms with E-state index in [1.807, 2.05) is 6.07 Å². The fourth-order valence-corrected chi connectivity index (χ4v) is 3.75. The summed E-state index contributed by atoms with van der Waals surface area (Å²) in [6.07, 6.45) is 5.60. The van der Waals surface area contributed by atoms with E-state index in [4.69, 9.17) is 16.7 Å². The topological polar surface area (TPSA) is 94.5 Å². The van der Waals surface area contributed by atoms with Gasteiger partial charge in [0.05, 0.1) is 28.9 Å². The third-order valence-electron chi connectivity index (χ3n) is 5.01. The molecule has 1 aromatic heterocycles. The number of pyridine rings is 1. The second-order valence-corrected chi connectivity index (χ2v) is 7.57. The average molecular weight is 392 g/mol. The van der Waals surface area contributed by atoms with Crippen molar-refractivity contribution in [2.75, 3.05) is 23.8 Å². The summed E-state index contributed by atoms with van der Waals surface area (Å²) in [4.78, 5) is 17.0. The number of anilines is 2. The van der Waals surface area contributed by atoms with Crippen molar-refractivity contribution in [3.8, 4) is 0 Å². The molecule has 146 valence electrons. The van der Waals surface area contributed by atoms with E-state index in [1.54, 1.807) is 18.2 Å². The van der Waals surface area contributed by atoms with Gasteiger partial charge >= 0.3 is 0 Å². The Balaban J connectivity index is 1.73. The number of carbonyl (C=O) groups excluding carboxylic acids is 1. The fourth-order valence-electron chi connectivity index (χ4n) is 3.53. The minimum absolute atomic E-state index is 0.00966. The van der Waals surface area contributed by atoms with Gasteiger partial charge in [0.1, 0.15) is 5.82 Å². The molecule has 1 heterocycles. The summed E-state index contributed by atoms with van der Waals surface area (Å²) in [7, 11) is 0. The van der Waals surface area contributed by atoms with Crippen molar-refractivity contribution in [2.24, 2.45) is 5.92 Å². The highest BCUT2D eigenvalue weighted by Crippen LogP contribution is 2.32. The lowest BCUT2D eigenvalue weighted by Gasteiger charge is -2.21. The van der Waals surface area contributed by atoms with Gasteiger partial charge in [-0.3, -0.25) is 4.79 Å². The van der Waals surface area contributed by atoms with Crippen LogP contribution in [0.25, 0.3) is 10.9 Å². The van der Waals surface area contributed by atoms with E-state index in [0.717, 1.165) is 18.2 Å². The zero-order chi connectivity index (χ0) is 19.2. The number of halogens is 1. The van der Waals surface area contributed by atoms with Gasteiger partial charge in [0.15, 0.2) is 0 Å². The average Bonchev–Trinajstić information content (AvgIpc) is 2.69. The molecule has 0 saturated heterocycles. The maximum atomic E-state index is 12.5. The normalized spacial score (nSPS) is 16.3. The standard InChI is InChI=1S/C20H26ClN3O3/c21-16-7-8-17-15(6-9-18(23-17)22-11-14(26)12-25)20(16)24-19(27)10-13-4-2-1-3-5-13/h6-9,13-14,25-26H,1-5,10-12H2,(H,22,23)(H,24,27)/t14-/m1/s1. The van der Waals surface area contributed by atoms with Crippen molar-refractivity contribution in [3.63, 3.8) is 0 Å². The van der Waals surface area contributed by atoms with Gasteiger partial charge in [0.25, 0.3) is 0 Å². The number of nitrogens with zero attached hydrogens (tertiary/aromatic N) is 1. The molecule has 1 atom stereocenters. The van der Waals surface area contributed by atoms with Crippen molar-refractivity contribution in [1.82, 2.24) is 4.98 Å². The summed E-state index contributed by atoms with van der Waals surface area (Å²) < 4.78 is 0. The molecule has 0 radical (unpaired) electrons. The van der Waals surface area contributed by atoms with E-state index >= 15 is 0 Å². The molecule has 0 spiro atoms. The molecule has 0 aliphatic heterocycles. The third kappa shape index (κ3) is 5.31. The third-order valence-corrected chi connectivity index (χ3v) is 5.33. The molecule has 1 aliphatic rings. The minimum Gasteiger partial charge on any atom is -0.394 e. The van der Waals surface area contributed by atoms with Crippen LogP contribution in [0, 0.1) is 5.92 Å². The predicted octanol–water partition coefficient (Wildman–Crippen LogP) is 3.56. The van der Waals surface area contributed by atoms with Crippen molar-refractivity contribution in [3.05, 3.63) is 29.3 Å². The molecule has 27 heavy (non-hydrogen) atoms. The second-order valence-electron chi connectivity index (χ2n) is 7.16. The van der Waals surface area contributed by atoms with E-state index in [-0.39, 0.29) is 19.1 Å². The Morgan fingerprint density at radius 1 is 1.22 bits per heavy atom. The molecule has 4 N–H and O–H groups in total. The molecular weight excluding hydrogens is 366 g/mol. The van der Waals surface area contributed by atoms with Crippen LogP contribution in [-0.2, 0) is 4.79 Å². The Labute approximate surface area is 163 Å². The van der Waals surface area contributed by atoms with Crippen LogP contribution in [0.5, 0.6) is 0 Å². The summed E-state index contributed by atoms with van der Waals surface area (Å²) in [6.45, 7) is -0.110. The van der Waals surface area contributed by atoms with Crippen LogP contribution in [0.2, 0.25) is 5.02 Å². The van der Waals surface area contributed by atoms with E-state index in [1.165, 1.54) is 19.3 Å². The number of aromatic nitrogens is 1. The van der Waals surface area contributed by atoms with Crippen molar-refractivity contribution in [2.45, 2.75) is 44.6 Å². The predicted molar refractivity (Wildman–Crippen MR) is 108 cm³/mol. The Hall–Kier alpha value is -1.89. The van der Waals surface area contributed by atoms with Gasteiger partial charge < -0.3 is 20.8 Å². The first kappa shape index (κ1) is 19.9. The number of carbonyl (C=O) groups is 1. The van der Waals surface area contributed by atoms with E-state index in [2.05, 4.69) is 15.6 Å². The number of nitrogens with one attached hydrogen (secondary N) is 2. The Morgan fingerprint density at radius 2 is 2.00 bits per heavy atom. The highest BCUT2D eigenvalue weighted by molar-refractivity contribution is 6.35. The van der Waals surface area contributed by atoms with Gasteiger partial charge in [-0.25, -0.2) is 4.98 Å². The van der Waals surface area contributed by atoms with Crippen LogP contribution in [0.3, 0.4) is 0 Å². The van der Waals surface area contributed by atoms with Crippen LogP contribution >= 0.6 is 11.6 Å². The van der Waals surface area contributed by atoms with Gasteiger partial charge in [0, 0.05) is 18.4 Å². The number of fused-ring (bicyclic) bond motifs is 1. The summed E-state index contributed by atoms with van der Waals surface area (Å²) in [6, 6.07) is 7.12. The SMILES string of the molecule is O=C(CC1CCCCC1)Nc1c(Cl)ccc2nc(NC[C@@H](O)CO)ccc12. The smallest absolute Gasteiger partial charge is 0.224 e. The number of rotatable bonds is 7. The van der Waals surface area contributed by atoms with Crippen LogP contribution in [0.1, 0.15) is 38.5 Å². The largest absolute Gasteiger partial charge is 0.394 e. The van der Waals surface area contributed by atoms with E-state index in [9.17, 15) is 9.90 Å². The Morgan fingerprint density at radius 3 is 2.74 bits per heavy atom. The van der Waals surface area contributed by atoms with Crippen molar-refractivity contribution < 1.29 is 15.0 Å². The lowest BCUT2D eigenvalue weighted by atomic mass is 9.87. The number of aliphatic hydroxyl groups is 2. The molecule has 1 aliphatic carbocycles. The van der Waals surface area contributed by atoms with Gasteiger partial charge in [-0.05, 0) is 43.0 Å². The zero-order valence-corrected chi connectivity index (χ0v) is 16.0. The van der Waals surface area contributed by atoms with E-state index < -0.39 is 6.10 Å². The van der Waals surface area contributed by atoms with Crippen LogP contribution in [-0.4, -0.2) is 40.4 Å².